The molecule has 0 saturated carbocycles. The second-order valence-corrected chi connectivity index (χ2v) is 12.6. The van der Waals surface area contributed by atoms with E-state index in [0.29, 0.717) is 16.9 Å². The van der Waals surface area contributed by atoms with Gasteiger partial charge in [0.1, 0.15) is 5.82 Å². The van der Waals surface area contributed by atoms with Crippen molar-refractivity contribution >= 4 is 40.3 Å². The van der Waals surface area contributed by atoms with E-state index in [9.17, 15) is 0 Å². The highest BCUT2D eigenvalue weighted by atomic mass is 35.5. The summed E-state index contributed by atoms with van der Waals surface area (Å²) in [7, 11) is 0. The number of nitrogens with zero attached hydrogens (tertiary/aromatic N) is 5. The van der Waals surface area contributed by atoms with Crippen LogP contribution in [0.4, 0.5) is 11.4 Å². The molecule has 2 aliphatic rings. The minimum atomic E-state index is -0.133. The van der Waals surface area contributed by atoms with E-state index in [4.69, 9.17) is 33.8 Å². The summed E-state index contributed by atoms with van der Waals surface area (Å²) >= 11 is 13.0. The van der Waals surface area contributed by atoms with Crippen molar-refractivity contribution in [2.24, 2.45) is 11.8 Å². The summed E-state index contributed by atoms with van der Waals surface area (Å²) in [6, 6.07) is 18.6. The van der Waals surface area contributed by atoms with Crippen molar-refractivity contribution in [2.75, 3.05) is 22.9 Å². The third-order valence-corrected chi connectivity index (χ3v) is 9.05. The predicted octanol–water partition coefficient (Wildman–Crippen LogP) is 7.51. The fourth-order valence-corrected chi connectivity index (χ4v) is 7.38. The molecule has 1 aromatic carbocycles. The Morgan fingerprint density at radius 1 is 0.951 bits per heavy atom. The van der Waals surface area contributed by atoms with Gasteiger partial charge in [0.2, 0.25) is 0 Å². The number of rotatable bonds is 5. The average Bonchev–Trinajstić information content (AvgIpc) is 3.44. The largest absolute Gasteiger partial charge is 0.370 e. The Labute approximate surface area is 253 Å². The van der Waals surface area contributed by atoms with Crippen LogP contribution < -0.4 is 15.1 Å². The Balaban J connectivity index is 1.44. The third-order valence-electron chi connectivity index (χ3n) is 8.43. The van der Waals surface area contributed by atoms with Crippen LogP contribution in [0.3, 0.4) is 0 Å². The number of aryl methyl sites for hydroxylation is 2. The average molecular weight is 585 g/mol. The smallest absolute Gasteiger partial charge is 0.174 e. The topological polar surface area (TPSA) is 49.2 Å². The Hall–Kier alpha value is -3.42. The van der Waals surface area contributed by atoms with Gasteiger partial charge in [-0.3, -0.25) is 4.98 Å². The highest BCUT2D eigenvalue weighted by Crippen LogP contribution is 2.45. The van der Waals surface area contributed by atoms with Gasteiger partial charge in [-0.2, -0.15) is 0 Å². The Kier molecular flexibility index (Phi) is 7.51. The second-order valence-electron chi connectivity index (χ2n) is 11.8. The van der Waals surface area contributed by atoms with Gasteiger partial charge < -0.3 is 19.7 Å². The molecule has 41 heavy (non-hydrogen) atoms. The summed E-state index contributed by atoms with van der Waals surface area (Å²) < 4.78 is 2.22. The molecule has 0 spiro atoms. The standard InChI is InChI=1S/C33H37ClN6S/c1-20-9-12-30(36-17-20)39-23(4)15-26(24(39)5)32-31(28-8-6-7-13-35-28)37-33(41)40(32)25-10-11-29(27(34)16-25)38-18-21(2)14-22(3)19-38/h6-13,15-17,21-22,31-32H,14,18-19H2,1-5H3,(H,37,41)/t21-,22-,31-,32+/m0/s1. The SMILES string of the molecule is Cc1ccc(-n2c(C)cc([C@@H]3[C@H](c4ccccn4)NC(=S)N3c3ccc(N4C[C@@H](C)C[C@H](C)C4)c(Cl)c3)c2C)nc1. The van der Waals surface area contributed by atoms with Crippen molar-refractivity contribution in [1.29, 1.82) is 0 Å². The molecule has 0 amide bonds. The Bertz CT molecular complexity index is 1560. The highest BCUT2D eigenvalue weighted by Gasteiger charge is 2.42. The highest BCUT2D eigenvalue weighted by molar-refractivity contribution is 7.80. The number of hydrogen-bond donors (Lipinski definition) is 1. The van der Waals surface area contributed by atoms with Gasteiger partial charge in [-0.15, -0.1) is 0 Å². The van der Waals surface area contributed by atoms with Crippen LogP contribution in [0, 0.1) is 32.6 Å². The molecule has 6 rings (SSSR count). The number of nitrogens with one attached hydrogen (secondary N) is 1. The molecule has 1 N–H and O–H groups in total. The van der Waals surface area contributed by atoms with Crippen molar-refractivity contribution in [3.63, 3.8) is 0 Å². The van der Waals surface area contributed by atoms with Gasteiger partial charge in [0.15, 0.2) is 5.11 Å². The van der Waals surface area contributed by atoms with Gasteiger partial charge in [0, 0.05) is 42.6 Å². The van der Waals surface area contributed by atoms with Crippen LogP contribution in [0.5, 0.6) is 0 Å². The van der Waals surface area contributed by atoms with Crippen LogP contribution in [0.25, 0.3) is 5.82 Å². The molecule has 2 aliphatic heterocycles. The van der Waals surface area contributed by atoms with Crippen LogP contribution in [0.2, 0.25) is 5.02 Å². The maximum atomic E-state index is 7.03. The van der Waals surface area contributed by atoms with Crippen molar-refractivity contribution < 1.29 is 0 Å². The molecular formula is C33H37ClN6S. The van der Waals surface area contributed by atoms with Crippen LogP contribution in [0.1, 0.15) is 60.6 Å². The van der Waals surface area contributed by atoms with Gasteiger partial charge in [-0.1, -0.05) is 37.6 Å². The molecule has 0 unspecified atom stereocenters. The van der Waals surface area contributed by atoms with Gasteiger partial charge in [0.25, 0.3) is 0 Å². The molecule has 4 aromatic rings. The first-order valence-electron chi connectivity index (χ1n) is 14.4. The number of halogens is 1. The first-order chi connectivity index (χ1) is 19.7. The van der Waals surface area contributed by atoms with Crippen LogP contribution in [-0.4, -0.2) is 32.7 Å². The maximum Gasteiger partial charge on any atom is 0.174 e. The molecule has 2 fully saturated rings. The summed E-state index contributed by atoms with van der Waals surface area (Å²) in [4.78, 5) is 14.1. The molecule has 3 aromatic heterocycles. The lowest BCUT2D eigenvalue weighted by Gasteiger charge is -2.37. The summed E-state index contributed by atoms with van der Waals surface area (Å²) in [6.45, 7) is 13.0. The normalized spacial score (nSPS) is 22.7. The first-order valence-corrected chi connectivity index (χ1v) is 15.2. The lowest BCUT2D eigenvalue weighted by Crippen LogP contribution is -2.38. The minimum Gasteiger partial charge on any atom is -0.370 e. The summed E-state index contributed by atoms with van der Waals surface area (Å²) in [5.74, 6) is 2.20. The zero-order valence-corrected chi connectivity index (χ0v) is 25.9. The van der Waals surface area contributed by atoms with Crippen molar-refractivity contribution in [1.82, 2.24) is 19.9 Å². The molecule has 8 heteroatoms. The van der Waals surface area contributed by atoms with Crippen LogP contribution in [0.15, 0.2) is 67.0 Å². The van der Waals surface area contributed by atoms with Crippen LogP contribution >= 0.6 is 23.8 Å². The number of anilines is 2. The number of pyridine rings is 2. The van der Waals surface area contributed by atoms with Gasteiger partial charge >= 0.3 is 0 Å². The van der Waals surface area contributed by atoms with E-state index in [1.807, 2.05) is 24.5 Å². The summed E-state index contributed by atoms with van der Waals surface area (Å²) in [5.41, 5.74) is 7.56. The molecule has 5 heterocycles. The van der Waals surface area contributed by atoms with Crippen molar-refractivity contribution in [3.8, 4) is 5.82 Å². The van der Waals surface area contributed by atoms with E-state index < -0.39 is 0 Å². The van der Waals surface area contributed by atoms with Gasteiger partial charge in [-0.05, 0) is 105 Å². The number of thiocarbonyl (C=S) groups is 1. The monoisotopic (exact) mass is 584 g/mol. The van der Waals surface area contributed by atoms with Crippen molar-refractivity contribution in [2.45, 2.75) is 53.1 Å². The lowest BCUT2D eigenvalue weighted by atomic mass is 9.91. The number of aromatic nitrogens is 3. The second kappa shape index (κ2) is 11.1. The Morgan fingerprint density at radius 3 is 2.39 bits per heavy atom. The molecule has 212 valence electrons. The van der Waals surface area contributed by atoms with E-state index in [1.165, 1.54) is 12.0 Å². The van der Waals surface area contributed by atoms with E-state index in [-0.39, 0.29) is 12.1 Å². The zero-order valence-electron chi connectivity index (χ0n) is 24.3. The molecule has 6 nitrogen and oxygen atoms in total. The van der Waals surface area contributed by atoms with E-state index >= 15 is 0 Å². The van der Waals surface area contributed by atoms with Gasteiger partial charge in [0.05, 0.1) is 28.5 Å². The maximum absolute atomic E-state index is 7.03. The molecule has 4 atom stereocenters. The van der Waals surface area contributed by atoms with Gasteiger partial charge in [-0.25, -0.2) is 4.98 Å². The summed E-state index contributed by atoms with van der Waals surface area (Å²) in [5, 5.41) is 5.01. The number of piperidine rings is 1. The predicted molar refractivity (Wildman–Crippen MR) is 172 cm³/mol. The molecular weight excluding hydrogens is 548 g/mol. The van der Waals surface area contributed by atoms with Crippen LogP contribution in [-0.2, 0) is 0 Å². The van der Waals surface area contributed by atoms with E-state index in [2.05, 4.69) is 96.8 Å². The number of hydrogen-bond acceptors (Lipinski definition) is 4. The molecule has 0 bridgehead atoms. The molecule has 0 aliphatic carbocycles. The summed E-state index contributed by atoms with van der Waals surface area (Å²) in [6.07, 6.45) is 5.01. The molecule has 0 radical (unpaired) electrons. The fraction of sp³-hybridized carbons (Fsp3) is 0.364. The van der Waals surface area contributed by atoms with E-state index in [1.54, 1.807) is 0 Å². The number of benzene rings is 1. The first kappa shape index (κ1) is 27.7. The lowest BCUT2D eigenvalue weighted by molar-refractivity contribution is 0.357. The third kappa shape index (κ3) is 5.22. The minimum absolute atomic E-state index is 0.125. The van der Waals surface area contributed by atoms with E-state index in [0.717, 1.165) is 58.0 Å². The quantitative estimate of drug-likeness (QED) is 0.245. The zero-order chi connectivity index (χ0) is 28.8. The fourth-order valence-electron chi connectivity index (χ4n) is 6.74. The van der Waals surface area contributed by atoms with Crippen molar-refractivity contribution in [3.05, 3.63) is 100 Å². The Morgan fingerprint density at radius 2 is 1.73 bits per heavy atom. The molecule has 2 saturated heterocycles.